The molecule has 19 heavy (non-hydrogen) atoms. The Morgan fingerprint density at radius 2 is 2.26 bits per heavy atom. The van der Waals surface area contributed by atoms with Crippen molar-refractivity contribution >= 4 is 23.8 Å². The van der Waals surface area contributed by atoms with Crippen LogP contribution in [0, 0.1) is 0 Å². The molecule has 0 radical (unpaired) electrons. The summed E-state index contributed by atoms with van der Waals surface area (Å²) >= 11 is 1.80. The second-order valence-corrected chi connectivity index (χ2v) is 6.32. The predicted molar refractivity (Wildman–Crippen MR) is 72.4 cm³/mol. The molecular weight excluding hydrogens is 268 g/mol. The third-order valence-electron chi connectivity index (χ3n) is 3.89. The van der Waals surface area contributed by atoms with Gasteiger partial charge in [-0.3, -0.25) is 0 Å². The Kier molecular flexibility index (Phi) is 4.57. The first-order valence-corrected chi connectivity index (χ1v) is 7.71. The van der Waals surface area contributed by atoms with Crippen LogP contribution < -0.4 is 5.32 Å². The zero-order valence-corrected chi connectivity index (χ0v) is 11.9. The first-order valence-electron chi connectivity index (χ1n) is 6.49. The van der Waals surface area contributed by atoms with Crippen LogP contribution in [0.1, 0.15) is 19.3 Å². The highest BCUT2D eigenvalue weighted by atomic mass is 32.2. The minimum absolute atomic E-state index is 0.118. The number of hydrogen-bond acceptors (Lipinski definition) is 4. The third-order valence-corrected chi connectivity index (χ3v) is 5.31. The van der Waals surface area contributed by atoms with E-state index in [4.69, 9.17) is 9.84 Å². The van der Waals surface area contributed by atoms with Crippen LogP contribution in [0.3, 0.4) is 0 Å². The Morgan fingerprint density at radius 1 is 1.53 bits per heavy atom. The van der Waals surface area contributed by atoms with E-state index < -0.39 is 12.1 Å². The molecule has 0 aromatic carbocycles. The van der Waals surface area contributed by atoms with Crippen LogP contribution in [0.2, 0.25) is 0 Å². The van der Waals surface area contributed by atoms with Gasteiger partial charge in [0.05, 0.1) is 13.2 Å². The lowest BCUT2D eigenvalue weighted by molar-refractivity contribution is -0.154. The van der Waals surface area contributed by atoms with Gasteiger partial charge < -0.3 is 20.1 Å². The van der Waals surface area contributed by atoms with Gasteiger partial charge in [-0.05, 0) is 19.1 Å². The summed E-state index contributed by atoms with van der Waals surface area (Å²) < 4.78 is 5.28. The van der Waals surface area contributed by atoms with Crippen molar-refractivity contribution in [2.45, 2.75) is 30.1 Å². The normalized spacial score (nSPS) is 25.5. The molecule has 2 rings (SSSR count). The fourth-order valence-electron chi connectivity index (χ4n) is 2.36. The van der Waals surface area contributed by atoms with E-state index in [-0.39, 0.29) is 23.9 Å². The quantitative estimate of drug-likeness (QED) is 0.799. The van der Waals surface area contributed by atoms with Gasteiger partial charge in [-0.15, -0.1) is 0 Å². The molecule has 2 N–H and O–H groups in total. The number of aliphatic carboxylic acids is 1. The van der Waals surface area contributed by atoms with E-state index in [0.29, 0.717) is 13.1 Å². The SMILES string of the molecule is CSC1(CNC(=O)N2CCOC(C(=O)O)C2)CCC1. The van der Waals surface area contributed by atoms with Crippen LogP contribution in [0.25, 0.3) is 0 Å². The van der Waals surface area contributed by atoms with Gasteiger partial charge >= 0.3 is 12.0 Å². The minimum Gasteiger partial charge on any atom is -0.479 e. The van der Waals surface area contributed by atoms with E-state index in [1.165, 1.54) is 11.3 Å². The molecule has 1 aliphatic heterocycles. The monoisotopic (exact) mass is 288 g/mol. The molecule has 1 saturated carbocycles. The highest BCUT2D eigenvalue weighted by Gasteiger charge is 2.37. The number of ether oxygens (including phenoxy) is 1. The van der Waals surface area contributed by atoms with E-state index in [0.717, 1.165) is 12.8 Å². The Labute approximate surface area is 116 Å². The average Bonchev–Trinajstić information content (AvgIpc) is 2.38. The molecule has 1 unspecified atom stereocenters. The van der Waals surface area contributed by atoms with E-state index in [1.54, 1.807) is 11.8 Å². The van der Waals surface area contributed by atoms with Crippen molar-refractivity contribution in [2.75, 3.05) is 32.5 Å². The molecule has 2 amide bonds. The molecule has 6 nitrogen and oxygen atoms in total. The second kappa shape index (κ2) is 6.00. The number of thioether (sulfide) groups is 1. The van der Waals surface area contributed by atoms with Crippen molar-refractivity contribution in [1.29, 1.82) is 0 Å². The molecular formula is C12H20N2O4S. The maximum Gasteiger partial charge on any atom is 0.334 e. The second-order valence-electron chi connectivity index (χ2n) is 5.04. The summed E-state index contributed by atoms with van der Waals surface area (Å²) in [5.74, 6) is -1.02. The van der Waals surface area contributed by atoms with Crippen LogP contribution in [-0.2, 0) is 9.53 Å². The summed E-state index contributed by atoms with van der Waals surface area (Å²) in [6.45, 7) is 1.50. The zero-order chi connectivity index (χ0) is 13.9. The molecule has 1 saturated heterocycles. The van der Waals surface area contributed by atoms with Crippen LogP contribution in [0.15, 0.2) is 0 Å². The van der Waals surface area contributed by atoms with Gasteiger partial charge in [0, 0.05) is 17.8 Å². The Balaban J connectivity index is 1.81. The number of nitrogens with zero attached hydrogens (tertiary/aromatic N) is 1. The lowest BCUT2D eigenvalue weighted by atomic mass is 9.84. The van der Waals surface area contributed by atoms with Gasteiger partial charge in [-0.2, -0.15) is 11.8 Å². The fraction of sp³-hybridized carbons (Fsp3) is 0.833. The molecule has 1 heterocycles. The summed E-state index contributed by atoms with van der Waals surface area (Å²) in [4.78, 5) is 24.4. The molecule has 1 atom stereocenters. The number of carbonyl (C=O) groups is 2. The maximum absolute atomic E-state index is 12.0. The number of nitrogens with one attached hydrogen (secondary N) is 1. The largest absolute Gasteiger partial charge is 0.479 e. The zero-order valence-electron chi connectivity index (χ0n) is 11.1. The number of urea groups is 1. The number of hydrogen-bond donors (Lipinski definition) is 2. The number of carboxylic acids is 1. The van der Waals surface area contributed by atoms with Gasteiger partial charge in [0.1, 0.15) is 0 Å². The van der Waals surface area contributed by atoms with Gasteiger partial charge in [0.15, 0.2) is 6.10 Å². The van der Waals surface area contributed by atoms with Crippen molar-refractivity contribution in [3.63, 3.8) is 0 Å². The van der Waals surface area contributed by atoms with Gasteiger partial charge in [0.25, 0.3) is 0 Å². The number of rotatable bonds is 4. The summed E-state index contributed by atoms with van der Waals surface area (Å²) in [7, 11) is 0. The minimum atomic E-state index is -1.02. The van der Waals surface area contributed by atoms with Crippen molar-refractivity contribution < 1.29 is 19.4 Å². The Morgan fingerprint density at radius 3 is 2.79 bits per heavy atom. The predicted octanol–water partition coefficient (Wildman–Crippen LogP) is 0.767. The van der Waals surface area contributed by atoms with E-state index in [2.05, 4.69) is 11.6 Å². The lowest BCUT2D eigenvalue weighted by Crippen LogP contribution is -2.54. The van der Waals surface area contributed by atoms with Crippen LogP contribution >= 0.6 is 11.8 Å². The van der Waals surface area contributed by atoms with Gasteiger partial charge in [0.2, 0.25) is 0 Å². The highest BCUT2D eigenvalue weighted by Crippen LogP contribution is 2.42. The molecule has 2 fully saturated rings. The average molecular weight is 288 g/mol. The fourth-order valence-corrected chi connectivity index (χ4v) is 3.27. The van der Waals surface area contributed by atoms with E-state index >= 15 is 0 Å². The van der Waals surface area contributed by atoms with Crippen LogP contribution in [0.5, 0.6) is 0 Å². The third kappa shape index (κ3) is 3.33. The highest BCUT2D eigenvalue weighted by molar-refractivity contribution is 8.00. The number of morpholine rings is 1. The van der Waals surface area contributed by atoms with Crippen LogP contribution in [-0.4, -0.2) is 65.4 Å². The Bertz CT molecular complexity index is 354. The van der Waals surface area contributed by atoms with Crippen molar-refractivity contribution in [2.24, 2.45) is 0 Å². The smallest absolute Gasteiger partial charge is 0.334 e. The molecule has 0 bridgehead atoms. The van der Waals surface area contributed by atoms with Crippen molar-refractivity contribution in [1.82, 2.24) is 10.2 Å². The standard InChI is InChI=1S/C12H20N2O4S/c1-19-12(3-2-4-12)8-13-11(17)14-5-6-18-9(7-14)10(15)16/h9H,2-8H2,1H3,(H,13,17)(H,15,16). The summed E-state index contributed by atoms with van der Waals surface area (Å²) in [5.41, 5.74) is 0. The summed E-state index contributed by atoms with van der Waals surface area (Å²) in [6.07, 6.45) is 4.65. The van der Waals surface area contributed by atoms with Gasteiger partial charge in [-0.1, -0.05) is 6.42 Å². The summed E-state index contributed by atoms with van der Waals surface area (Å²) in [6, 6.07) is -0.185. The lowest BCUT2D eigenvalue weighted by Gasteiger charge is -2.41. The Hall–Kier alpha value is -0.950. The van der Waals surface area contributed by atoms with Crippen LogP contribution in [0.4, 0.5) is 4.79 Å². The maximum atomic E-state index is 12.0. The molecule has 7 heteroatoms. The van der Waals surface area contributed by atoms with E-state index in [9.17, 15) is 9.59 Å². The summed E-state index contributed by atoms with van der Waals surface area (Å²) in [5, 5.41) is 11.8. The van der Waals surface area contributed by atoms with Crippen molar-refractivity contribution in [3.05, 3.63) is 0 Å². The number of amides is 2. The van der Waals surface area contributed by atoms with Crippen molar-refractivity contribution in [3.8, 4) is 0 Å². The topological polar surface area (TPSA) is 78.9 Å². The first-order chi connectivity index (χ1) is 9.06. The van der Waals surface area contributed by atoms with Gasteiger partial charge in [-0.25, -0.2) is 9.59 Å². The van der Waals surface area contributed by atoms with E-state index in [1.807, 2.05) is 0 Å². The first kappa shape index (κ1) is 14.5. The molecule has 0 aromatic rings. The molecule has 2 aliphatic rings. The molecule has 0 aromatic heterocycles. The number of carbonyl (C=O) groups excluding carboxylic acids is 1. The molecule has 1 aliphatic carbocycles. The molecule has 108 valence electrons. The molecule has 0 spiro atoms. The number of carboxylic acid groups (broad SMARTS) is 1.